The number of benzene rings is 13. The third kappa shape index (κ3) is 5.70. The van der Waals surface area contributed by atoms with Gasteiger partial charge in [0.05, 0.1) is 0 Å². The van der Waals surface area contributed by atoms with Gasteiger partial charge in [0.25, 0.3) is 0 Å². The highest BCUT2D eigenvalue weighted by atomic mass is 14.3. The van der Waals surface area contributed by atoms with Gasteiger partial charge in [-0.2, -0.15) is 0 Å². The Morgan fingerprint density at radius 1 is 0.156 bits per heavy atom. The Morgan fingerprint density at radius 2 is 0.594 bits per heavy atom. The van der Waals surface area contributed by atoms with Crippen molar-refractivity contribution in [3.05, 3.63) is 243 Å². The average molecular weight is 809 g/mol. The minimum absolute atomic E-state index is 1.20. The van der Waals surface area contributed by atoms with Crippen LogP contribution in [0, 0.1) is 0 Å². The van der Waals surface area contributed by atoms with Gasteiger partial charge >= 0.3 is 0 Å². The molecule has 0 aromatic heterocycles. The van der Waals surface area contributed by atoms with Crippen LogP contribution in [0.2, 0.25) is 0 Å². The Labute approximate surface area is 371 Å². The number of rotatable bonds is 5. The quantitative estimate of drug-likeness (QED) is 0.120. The van der Waals surface area contributed by atoms with E-state index >= 15 is 0 Å². The average Bonchev–Trinajstić information content (AvgIpc) is 3.37. The van der Waals surface area contributed by atoms with Crippen molar-refractivity contribution < 1.29 is 0 Å². The maximum Gasteiger partial charge on any atom is -0.00197 e. The van der Waals surface area contributed by atoms with E-state index in [0.29, 0.717) is 0 Å². The normalized spacial score (nSPS) is 11.8. The van der Waals surface area contributed by atoms with E-state index < -0.39 is 0 Å². The molecule has 296 valence electrons. The summed E-state index contributed by atoms with van der Waals surface area (Å²) in [7, 11) is 0. The molecule has 0 radical (unpaired) electrons. The van der Waals surface area contributed by atoms with E-state index in [9.17, 15) is 0 Å². The molecule has 0 unspecified atom stereocenters. The van der Waals surface area contributed by atoms with Crippen molar-refractivity contribution in [1.29, 1.82) is 0 Å². The molecule has 0 saturated heterocycles. The van der Waals surface area contributed by atoms with Crippen LogP contribution in [0.25, 0.3) is 131 Å². The molecule has 13 aromatic carbocycles. The van der Waals surface area contributed by atoms with Gasteiger partial charge in [0, 0.05) is 0 Å². The van der Waals surface area contributed by atoms with E-state index in [1.165, 1.54) is 131 Å². The summed E-state index contributed by atoms with van der Waals surface area (Å²) in [6.07, 6.45) is 0. The topological polar surface area (TPSA) is 0 Å². The van der Waals surface area contributed by atoms with Crippen molar-refractivity contribution in [2.45, 2.75) is 0 Å². The number of hydrogen-bond donors (Lipinski definition) is 0. The van der Waals surface area contributed by atoms with Gasteiger partial charge in [-0.15, -0.1) is 0 Å². The van der Waals surface area contributed by atoms with Crippen molar-refractivity contribution in [3.8, 4) is 55.6 Å². The van der Waals surface area contributed by atoms with Gasteiger partial charge in [0.2, 0.25) is 0 Å². The van der Waals surface area contributed by atoms with Crippen molar-refractivity contribution in [1.82, 2.24) is 0 Å². The van der Waals surface area contributed by atoms with E-state index in [1.54, 1.807) is 0 Å². The summed E-state index contributed by atoms with van der Waals surface area (Å²) in [5, 5.41) is 17.4. The van der Waals surface area contributed by atoms with Crippen LogP contribution >= 0.6 is 0 Å². The molecule has 0 amide bonds. The van der Waals surface area contributed by atoms with Crippen LogP contribution < -0.4 is 0 Å². The molecule has 0 atom stereocenters. The molecule has 0 aliphatic rings. The monoisotopic (exact) mass is 808 g/mol. The second-order valence-corrected chi connectivity index (χ2v) is 17.1. The molecule has 0 aliphatic heterocycles. The predicted molar refractivity (Wildman–Crippen MR) is 276 cm³/mol. The predicted octanol–water partition coefficient (Wildman–Crippen LogP) is 18.1. The molecule has 0 aliphatic carbocycles. The van der Waals surface area contributed by atoms with Gasteiger partial charge in [-0.05, 0) is 155 Å². The molecule has 0 saturated carbocycles. The van der Waals surface area contributed by atoms with Gasteiger partial charge < -0.3 is 0 Å². The highest BCUT2D eigenvalue weighted by Crippen LogP contribution is 2.52. The van der Waals surface area contributed by atoms with Gasteiger partial charge in [0.1, 0.15) is 0 Å². The minimum atomic E-state index is 1.20. The van der Waals surface area contributed by atoms with Crippen LogP contribution in [0.5, 0.6) is 0 Å². The zero-order chi connectivity index (χ0) is 42.1. The summed E-state index contributed by atoms with van der Waals surface area (Å²) in [5.41, 5.74) is 12.3. The van der Waals surface area contributed by atoms with E-state index in [1.807, 2.05) is 0 Å². The van der Waals surface area contributed by atoms with E-state index in [2.05, 4.69) is 243 Å². The lowest BCUT2D eigenvalue weighted by molar-refractivity contribution is 1.64. The third-order valence-electron chi connectivity index (χ3n) is 13.6. The molecule has 0 heterocycles. The Balaban J connectivity index is 1.29. The first-order chi connectivity index (χ1) is 31.8. The summed E-state index contributed by atoms with van der Waals surface area (Å²) in [4.78, 5) is 0. The second kappa shape index (κ2) is 14.7. The molecule has 0 spiro atoms. The Hall–Kier alpha value is -8.32. The molecule has 13 aromatic rings. The van der Waals surface area contributed by atoms with Crippen molar-refractivity contribution in [2.75, 3.05) is 0 Å². The third-order valence-corrected chi connectivity index (χ3v) is 13.6. The van der Waals surface area contributed by atoms with E-state index in [0.717, 1.165) is 0 Å². The van der Waals surface area contributed by atoms with Crippen LogP contribution in [0.3, 0.4) is 0 Å². The Morgan fingerprint density at radius 3 is 1.27 bits per heavy atom. The molecule has 0 N–H and O–H groups in total. The fourth-order valence-corrected chi connectivity index (χ4v) is 10.7. The SMILES string of the molecule is c1ccc(-c2ccc3c(-c4cccc5ccccc45)c4cc5c(-c6ccccc6)c(-c6ccc7ccccc7c6)c6ccccc6c5cc4c(-c4cccc5ccccc45)c3c2)cc1. The summed E-state index contributed by atoms with van der Waals surface area (Å²) in [6.45, 7) is 0. The minimum Gasteiger partial charge on any atom is -0.0622 e. The van der Waals surface area contributed by atoms with E-state index in [-0.39, 0.29) is 0 Å². The van der Waals surface area contributed by atoms with Gasteiger partial charge in [-0.3, -0.25) is 0 Å². The highest BCUT2D eigenvalue weighted by Gasteiger charge is 2.24. The number of hydrogen-bond acceptors (Lipinski definition) is 0. The van der Waals surface area contributed by atoms with Gasteiger partial charge in [0.15, 0.2) is 0 Å². The maximum atomic E-state index is 2.56. The lowest BCUT2D eigenvalue weighted by atomic mass is 9.79. The largest absolute Gasteiger partial charge is 0.0622 e. The Kier molecular flexibility index (Phi) is 8.32. The van der Waals surface area contributed by atoms with Crippen LogP contribution in [0.4, 0.5) is 0 Å². The van der Waals surface area contributed by atoms with Crippen molar-refractivity contribution in [2.24, 2.45) is 0 Å². The fourth-order valence-electron chi connectivity index (χ4n) is 10.7. The second-order valence-electron chi connectivity index (χ2n) is 17.1. The van der Waals surface area contributed by atoms with Crippen LogP contribution in [0.1, 0.15) is 0 Å². The molecule has 0 fully saturated rings. The van der Waals surface area contributed by atoms with Gasteiger partial charge in [-0.25, -0.2) is 0 Å². The molecular formula is C64H40. The fraction of sp³-hybridized carbons (Fsp3) is 0. The van der Waals surface area contributed by atoms with Gasteiger partial charge in [-0.1, -0.05) is 218 Å². The molecule has 0 heteroatoms. The standard InChI is InChI=1S/C64H40/c1-3-17-41(18-4-1)47-35-36-55-57(38-47)64(53-32-16-26-44-21-10-12-28-50(44)53)59-39-56-51-29-13-14-30-54(51)62(48-34-33-42-19-7-8-24-46(42)37-48)61(45-22-5-2-6-23-45)58(56)40-60(59)63(55)52-31-15-25-43-20-9-11-27-49(43)52/h1-40H. The first-order valence-electron chi connectivity index (χ1n) is 22.2. The summed E-state index contributed by atoms with van der Waals surface area (Å²) < 4.78 is 0. The van der Waals surface area contributed by atoms with Crippen LogP contribution in [-0.2, 0) is 0 Å². The maximum absolute atomic E-state index is 2.56. The highest BCUT2D eigenvalue weighted by molar-refractivity contribution is 6.31. The summed E-state index contributed by atoms with van der Waals surface area (Å²) >= 11 is 0. The molecule has 13 rings (SSSR count). The number of fused-ring (bicyclic) bond motifs is 8. The van der Waals surface area contributed by atoms with E-state index in [4.69, 9.17) is 0 Å². The zero-order valence-electron chi connectivity index (χ0n) is 35.1. The molecule has 64 heavy (non-hydrogen) atoms. The van der Waals surface area contributed by atoms with Crippen LogP contribution in [0.15, 0.2) is 243 Å². The Bertz CT molecular complexity index is 3980. The smallest absolute Gasteiger partial charge is 0.00197 e. The summed E-state index contributed by atoms with van der Waals surface area (Å²) in [6, 6.07) is 90.3. The first kappa shape index (κ1) is 36.3. The molecule has 0 nitrogen and oxygen atoms in total. The van der Waals surface area contributed by atoms with Crippen molar-refractivity contribution in [3.63, 3.8) is 0 Å². The lowest BCUT2D eigenvalue weighted by Gasteiger charge is -2.23. The van der Waals surface area contributed by atoms with Crippen LogP contribution in [-0.4, -0.2) is 0 Å². The first-order valence-corrected chi connectivity index (χ1v) is 22.2. The summed E-state index contributed by atoms with van der Waals surface area (Å²) in [5.74, 6) is 0. The lowest BCUT2D eigenvalue weighted by Crippen LogP contribution is -1.96. The molecule has 0 bridgehead atoms. The van der Waals surface area contributed by atoms with Crippen molar-refractivity contribution >= 4 is 75.4 Å². The zero-order valence-corrected chi connectivity index (χ0v) is 35.1. The molecular weight excluding hydrogens is 769 g/mol.